The minimum atomic E-state index is -0.364. The van der Waals surface area contributed by atoms with E-state index in [1.165, 1.54) is 19.3 Å². The molecule has 1 spiro atoms. The quantitative estimate of drug-likeness (QED) is 0.746. The zero-order chi connectivity index (χ0) is 10.4. The average Bonchev–Trinajstić information content (AvgIpc) is 2.65. The van der Waals surface area contributed by atoms with Gasteiger partial charge in [0, 0.05) is 12.4 Å². The van der Waals surface area contributed by atoms with Gasteiger partial charge in [-0.2, -0.15) is 11.8 Å². The van der Waals surface area contributed by atoms with Crippen molar-refractivity contribution in [3.05, 3.63) is 0 Å². The van der Waals surface area contributed by atoms with Crippen LogP contribution in [0.1, 0.15) is 38.5 Å². The normalized spacial score (nSPS) is 44.2. The third kappa shape index (κ3) is 1.73. The van der Waals surface area contributed by atoms with Gasteiger partial charge in [0.25, 0.3) is 0 Å². The number of rotatable bonds is 1. The molecule has 3 heteroatoms. The Morgan fingerprint density at radius 1 is 1.27 bits per heavy atom. The van der Waals surface area contributed by atoms with Crippen molar-refractivity contribution in [1.82, 2.24) is 0 Å². The van der Waals surface area contributed by atoms with Gasteiger partial charge >= 0.3 is 0 Å². The summed E-state index contributed by atoms with van der Waals surface area (Å²) < 4.78 is 5.92. The van der Waals surface area contributed by atoms with Crippen molar-refractivity contribution in [2.24, 2.45) is 5.92 Å². The van der Waals surface area contributed by atoms with Gasteiger partial charge in [0.1, 0.15) is 0 Å². The van der Waals surface area contributed by atoms with Crippen LogP contribution in [-0.4, -0.2) is 34.4 Å². The molecular weight excluding hydrogens is 208 g/mol. The number of hydrogen-bond acceptors (Lipinski definition) is 3. The minimum Gasteiger partial charge on any atom is -0.389 e. The van der Waals surface area contributed by atoms with Crippen LogP contribution in [-0.2, 0) is 4.74 Å². The van der Waals surface area contributed by atoms with Crippen LogP contribution in [0.4, 0.5) is 0 Å². The highest BCUT2D eigenvalue weighted by atomic mass is 32.2. The van der Waals surface area contributed by atoms with Gasteiger partial charge in [-0.1, -0.05) is 0 Å². The van der Waals surface area contributed by atoms with Crippen LogP contribution in [0.3, 0.4) is 0 Å². The summed E-state index contributed by atoms with van der Waals surface area (Å²) in [6, 6.07) is 0. The molecule has 15 heavy (non-hydrogen) atoms. The van der Waals surface area contributed by atoms with E-state index in [-0.39, 0.29) is 11.2 Å². The molecular formula is C12H20O2S. The highest BCUT2D eigenvalue weighted by molar-refractivity contribution is 7.99. The average molecular weight is 228 g/mol. The first-order chi connectivity index (χ1) is 7.23. The maximum atomic E-state index is 10.6. The largest absolute Gasteiger partial charge is 0.389 e. The SMILES string of the molecule is OC1(C2CCOC3(CCC3)C2)CCSC1. The van der Waals surface area contributed by atoms with E-state index in [1.807, 2.05) is 11.8 Å². The van der Waals surface area contributed by atoms with Crippen LogP contribution >= 0.6 is 11.8 Å². The number of thioether (sulfide) groups is 1. The Kier molecular flexibility index (Phi) is 2.53. The summed E-state index contributed by atoms with van der Waals surface area (Å²) in [7, 11) is 0. The maximum Gasteiger partial charge on any atom is 0.0775 e. The predicted molar refractivity (Wildman–Crippen MR) is 62.1 cm³/mol. The third-order valence-electron chi connectivity index (χ3n) is 4.55. The molecule has 0 amide bonds. The minimum absolute atomic E-state index is 0.186. The Bertz CT molecular complexity index is 244. The van der Waals surface area contributed by atoms with E-state index in [0.29, 0.717) is 5.92 Å². The van der Waals surface area contributed by atoms with E-state index in [9.17, 15) is 5.11 Å². The van der Waals surface area contributed by atoms with E-state index in [4.69, 9.17) is 4.74 Å². The Labute approximate surface area is 95.8 Å². The molecule has 3 aliphatic rings. The fourth-order valence-electron chi connectivity index (χ4n) is 3.30. The van der Waals surface area contributed by atoms with Crippen molar-refractivity contribution < 1.29 is 9.84 Å². The summed E-state index contributed by atoms with van der Waals surface area (Å²) >= 11 is 1.91. The predicted octanol–water partition coefficient (Wildman–Crippen LogP) is 2.20. The van der Waals surface area contributed by atoms with Crippen LogP contribution in [0, 0.1) is 5.92 Å². The summed E-state index contributed by atoms with van der Waals surface area (Å²) in [6.45, 7) is 0.873. The molecule has 2 aliphatic heterocycles. The number of aliphatic hydroxyl groups is 1. The molecule has 86 valence electrons. The van der Waals surface area contributed by atoms with Crippen molar-refractivity contribution >= 4 is 11.8 Å². The first kappa shape index (κ1) is 10.4. The Hall–Kier alpha value is 0.270. The topological polar surface area (TPSA) is 29.5 Å². The van der Waals surface area contributed by atoms with Crippen LogP contribution in [0.15, 0.2) is 0 Å². The Morgan fingerprint density at radius 3 is 2.73 bits per heavy atom. The van der Waals surface area contributed by atoms with Crippen molar-refractivity contribution in [3.63, 3.8) is 0 Å². The lowest BCUT2D eigenvalue weighted by Crippen LogP contribution is -2.51. The first-order valence-corrected chi connectivity index (χ1v) is 7.32. The molecule has 2 heterocycles. The van der Waals surface area contributed by atoms with Crippen molar-refractivity contribution in [2.45, 2.75) is 49.7 Å². The van der Waals surface area contributed by atoms with E-state index in [1.54, 1.807) is 0 Å². The smallest absolute Gasteiger partial charge is 0.0775 e. The van der Waals surface area contributed by atoms with Gasteiger partial charge in [-0.05, 0) is 50.2 Å². The fraction of sp³-hybridized carbons (Fsp3) is 1.00. The van der Waals surface area contributed by atoms with Gasteiger partial charge in [0.15, 0.2) is 0 Å². The summed E-state index contributed by atoms with van der Waals surface area (Å²) in [5, 5.41) is 10.6. The molecule has 1 aliphatic carbocycles. The van der Waals surface area contributed by atoms with Crippen molar-refractivity contribution in [3.8, 4) is 0 Å². The third-order valence-corrected chi connectivity index (χ3v) is 5.75. The molecule has 0 radical (unpaired) electrons. The summed E-state index contributed by atoms with van der Waals surface area (Å²) in [4.78, 5) is 0. The lowest BCUT2D eigenvalue weighted by atomic mass is 9.67. The molecule has 0 aromatic rings. The van der Waals surface area contributed by atoms with E-state index < -0.39 is 0 Å². The van der Waals surface area contributed by atoms with Crippen molar-refractivity contribution in [2.75, 3.05) is 18.1 Å². The van der Waals surface area contributed by atoms with Gasteiger partial charge in [0.05, 0.1) is 11.2 Å². The van der Waals surface area contributed by atoms with Gasteiger partial charge in [0.2, 0.25) is 0 Å². The highest BCUT2D eigenvalue weighted by Gasteiger charge is 2.49. The molecule has 1 N–H and O–H groups in total. The maximum absolute atomic E-state index is 10.6. The molecule has 2 atom stereocenters. The molecule has 1 saturated carbocycles. The van der Waals surface area contributed by atoms with Crippen LogP contribution < -0.4 is 0 Å². The van der Waals surface area contributed by atoms with E-state index in [2.05, 4.69) is 0 Å². The van der Waals surface area contributed by atoms with E-state index >= 15 is 0 Å². The second-order valence-corrected chi connectivity index (χ2v) is 6.59. The zero-order valence-electron chi connectivity index (χ0n) is 9.21. The molecule has 2 saturated heterocycles. The zero-order valence-corrected chi connectivity index (χ0v) is 10.0. The van der Waals surface area contributed by atoms with Crippen LogP contribution in [0.25, 0.3) is 0 Å². The summed E-state index contributed by atoms with van der Waals surface area (Å²) in [6.07, 6.45) is 6.96. The molecule has 3 fully saturated rings. The van der Waals surface area contributed by atoms with Gasteiger partial charge in [-0.3, -0.25) is 0 Å². The first-order valence-electron chi connectivity index (χ1n) is 6.17. The molecule has 0 aromatic heterocycles. The van der Waals surface area contributed by atoms with Gasteiger partial charge in [-0.15, -0.1) is 0 Å². The molecule has 0 aromatic carbocycles. The molecule has 2 unspecified atom stereocenters. The monoisotopic (exact) mass is 228 g/mol. The Morgan fingerprint density at radius 2 is 2.13 bits per heavy atom. The van der Waals surface area contributed by atoms with Crippen LogP contribution in [0.2, 0.25) is 0 Å². The van der Waals surface area contributed by atoms with Gasteiger partial charge < -0.3 is 9.84 Å². The van der Waals surface area contributed by atoms with E-state index in [0.717, 1.165) is 37.4 Å². The molecule has 2 nitrogen and oxygen atoms in total. The summed E-state index contributed by atoms with van der Waals surface area (Å²) in [5.74, 6) is 2.59. The van der Waals surface area contributed by atoms with Crippen molar-refractivity contribution in [1.29, 1.82) is 0 Å². The Balaban J connectivity index is 1.70. The summed E-state index contributed by atoms with van der Waals surface area (Å²) in [5.41, 5.74) is -0.178. The van der Waals surface area contributed by atoms with Crippen LogP contribution in [0.5, 0.6) is 0 Å². The molecule has 3 rings (SSSR count). The highest BCUT2D eigenvalue weighted by Crippen LogP contribution is 2.49. The molecule has 0 bridgehead atoms. The lowest BCUT2D eigenvalue weighted by Gasteiger charge is -2.50. The second-order valence-electron chi connectivity index (χ2n) is 5.48. The lowest BCUT2D eigenvalue weighted by molar-refractivity contribution is -0.170. The van der Waals surface area contributed by atoms with Gasteiger partial charge in [-0.25, -0.2) is 0 Å². The number of hydrogen-bond donors (Lipinski definition) is 1. The second kappa shape index (κ2) is 3.64. The standard InChI is InChI=1S/C12H20O2S/c13-12(5-7-15-9-12)10-2-6-14-11(8-10)3-1-4-11/h10,13H,1-9H2. The fourth-order valence-corrected chi connectivity index (χ4v) is 4.67. The number of ether oxygens (including phenoxy) is 1.